The molecule has 4 rings (SSSR count). The number of para-hydroxylation sites is 1. The molecular formula is C26H38N6O2. The van der Waals surface area contributed by atoms with Crippen LogP contribution in [-0.2, 0) is 9.59 Å². The second kappa shape index (κ2) is 11.0. The molecule has 2 N–H and O–H groups in total. The number of amides is 2. The van der Waals surface area contributed by atoms with Crippen LogP contribution >= 0.6 is 0 Å². The zero-order chi connectivity index (χ0) is 24.1. The number of hydrogen-bond donors (Lipinski definition) is 2. The number of rotatable bonds is 8. The van der Waals surface area contributed by atoms with Gasteiger partial charge in [-0.15, -0.1) is 0 Å². The van der Waals surface area contributed by atoms with Gasteiger partial charge in [0.25, 0.3) is 0 Å². The number of piperidine rings is 1. The van der Waals surface area contributed by atoms with Crippen molar-refractivity contribution < 1.29 is 9.59 Å². The SMILES string of the molecule is CC(=O)Nc1c(C)nn(-c2ccccc2)c1N1CCC(C(=O)NCC[C@H](C)N2CCCC2)CC1. The number of aromatic nitrogens is 2. The van der Waals surface area contributed by atoms with Crippen LogP contribution in [0.15, 0.2) is 30.3 Å². The molecule has 2 aromatic rings. The smallest absolute Gasteiger partial charge is 0.223 e. The number of likely N-dealkylation sites (tertiary alicyclic amines) is 1. The van der Waals surface area contributed by atoms with E-state index in [2.05, 4.69) is 27.4 Å². The van der Waals surface area contributed by atoms with E-state index in [1.807, 2.05) is 41.9 Å². The minimum Gasteiger partial charge on any atom is -0.356 e. The lowest BCUT2D eigenvalue weighted by atomic mass is 9.95. The first-order valence-electron chi connectivity index (χ1n) is 12.6. The highest BCUT2D eigenvalue weighted by molar-refractivity contribution is 5.93. The van der Waals surface area contributed by atoms with Gasteiger partial charge in [0.2, 0.25) is 11.8 Å². The van der Waals surface area contributed by atoms with Crippen molar-refractivity contribution >= 4 is 23.3 Å². The van der Waals surface area contributed by atoms with E-state index >= 15 is 0 Å². The van der Waals surface area contributed by atoms with Crippen LogP contribution in [0.5, 0.6) is 0 Å². The van der Waals surface area contributed by atoms with Crippen molar-refractivity contribution in [1.82, 2.24) is 20.0 Å². The third kappa shape index (κ3) is 5.60. The van der Waals surface area contributed by atoms with Gasteiger partial charge in [-0.25, -0.2) is 4.68 Å². The van der Waals surface area contributed by atoms with E-state index in [4.69, 9.17) is 5.10 Å². The van der Waals surface area contributed by atoms with E-state index in [1.165, 1.54) is 32.9 Å². The van der Waals surface area contributed by atoms with E-state index in [1.54, 1.807) is 0 Å². The summed E-state index contributed by atoms with van der Waals surface area (Å²) < 4.78 is 1.90. The second-order valence-electron chi connectivity index (χ2n) is 9.65. The van der Waals surface area contributed by atoms with Crippen LogP contribution in [0.2, 0.25) is 0 Å². The zero-order valence-corrected chi connectivity index (χ0v) is 20.7. The highest BCUT2D eigenvalue weighted by Crippen LogP contribution is 2.34. The van der Waals surface area contributed by atoms with Crippen LogP contribution < -0.4 is 15.5 Å². The summed E-state index contributed by atoms with van der Waals surface area (Å²) in [6.45, 7) is 10.3. The van der Waals surface area contributed by atoms with Crippen molar-refractivity contribution in [3.05, 3.63) is 36.0 Å². The maximum Gasteiger partial charge on any atom is 0.223 e. The Morgan fingerprint density at radius 3 is 2.41 bits per heavy atom. The topological polar surface area (TPSA) is 82.5 Å². The van der Waals surface area contributed by atoms with E-state index < -0.39 is 0 Å². The summed E-state index contributed by atoms with van der Waals surface area (Å²) in [5, 5.41) is 10.9. The fraction of sp³-hybridized carbons (Fsp3) is 0.577. The molecule has 1 aromatic heterocycles. The summed E-state index contributed by atoms with van der Waals surface area (Å²) >= 11 is 0. The molecule has 2 saturated heterocycles. The molecule has 2 aliphatic heterocycles. The van der Waals surface area contributed by atoms with E-state index in [0.717, 1.165) is 61.8 Å². The lowest BCUT2D eigenvalue weighted by Crippen LogP contribution is -2.42. The van der Waals surface area contributed by atoms with Gasteiger partial charge in [-0.1, -0.05) is 18.2 Å². The summed E-state index contributed by atoms with van der Waals surface area (Å²) in [6.07, 6.45) is 5.15. The maximum atomic E-state index is 12.8. The molecule has 1 atom stereocenters. The summed E-state index contributed by atoms with van der Waals surface area (Å²) in [5.74, 6) is 0.964. The molecule has 0 saturated carbocycles. The molecule has 0 aliphatic carbocycles. The first-order valence-corrected chi connectivity index (χ1v) is 12.6. The van der Waals surface area contributed by atoms with Gasteiger partial charge >= 0.3 is 0 Å². The first kappa shape index (κ1) is 24.3. The van der Waals surface area contributed by atoms with Crippen molar-refractivity contribution in [3.8, 4) is 5.69 Å². The summed E-state index contributed by atoms with van der Waals surface area (Å²) in [4.78, 5) is 29.5. The molecule has 0 spiro atoms. The summed E-state index contributed by atoms with van der Waals surface area (Å²) in [5.41, 5.74) is 2.47. The van der Waals surface area contributed by atoms with Crippen LogP contribution in [0.1, 0.15) is 51.6 Å². The Morgan fingerprint density at radius 2 is 1.76 bits per heavy atom. The Kier molecular flexibility index (Phi) is 7.88. The third-order valence-electron chi connectivity index (χ3n) is 7.13. The van der Waals surface area contributed by atoms with Crippen LogP contribution in [0.3, 0.4) is 0 Å². The lowest BCUT2D eigenvalue weighted by Gasteiger charge is -2.33. The molecule has 1 aromatic carbocycles. The molecule has 2 amide bonds. The number of aryl methyl sites for hydroxylation is 1. The largest absolute Gasteiger partial charge is 0.356 e. The molecule has 2 fully saturated rings. The molecule has 184 valence electrons. The number of nitrogens with one attached hydrogen (secondary N) is 2. The number of hydrogen-bond acceptors (Lipinski definition) is 5. The average Bonchev–Trinajstić information content (AvgIpc) is 3.48. The zero-order valence-electron chi connectivity index (χ0n) is 20.7. The van der Waals surface area contributed by atoms with Crippen LogP contribution in [0, 0.1) is 12.8 Å². The number of anilines is 2. The fourth-order valence-corrected chi connectivity index (χ4v) is 5.15. The van der Waals surface area contributed by atoms with Crippen LogP contribution in [-0.4, -0.2) is 65.3 Å². The standard InChI is InChI=1S/C26H38N6O2/c1-19(30-15-7-8-16-30)11-14-27-25(34)22-12-17-31(18-13-22)26-24(28-21(3)33)20(2)29-32(26)23-9-5-4-6-10-23/h4-6,9-10,19,22H,7-8,11-18H2,1-3H3,(H,27,34)(H,28,33)/t19-/m0/s1. The molecule has 34 heavy (non-hydrogen) atoms. The van der Waals surface area contributed by atoms with Crippen LogP contribution in [0.25, 0.3) is 5.69 Å². The number of carbonyl (C=O) groups excluding carboxylic acids is 2. The molecule has 2 aliphatic rings. The van der Waals surface area contributed by atoms with Gasteiger partial charge in [-0.05, 0) is 71.2 Å². The number of carbonyl (C=O) groups is 2. The van der Waals surface area contributed by atoms with Crippen molar-refractivity contribution in [1.29, 1.82) is 0 Å². The minimum absolute atomic E-state index is 0.0248. The van der Waals surface area contributed by atoms with E-state index in [0.29, 0.717) is 6.04 Å². The Labute approximate surface area is 202 Å². The monoisotopic (exact) mass is 466 g/mol. The van der Waals surface area contributed by atoms with Gasteiger partial charge in [0.1, 0.15) is 5.69 Å². The molecule has 8 heteroatoms. The van der Waals surface area contributed by atoms with Gasteiger partial charge in [0.15, 0.2) is 5.82 Å². The van der Waals surface area contributed by atoms with Gasteiger partial charge in [-0.2, -0.15) is 5.10 Å². The Balaban J connectivity index is 1.38. The second-order valence-corrected chi connectivity index (χ2v) is 9.65. The van der Waals surface area contributed by atoms with Gasteiger partial charge in [0, 0.05) is 38.5 Å². The lowest BCUT2D eigenvalue weighted by molar-refractivity contribution is -0.125. The van der Waals surface area contributed by atoms with Gasteiger partial charge in [0.05, 0.1) is 11.4 Å². The third-order valence-corrected chi connectivity index (χ3v) is 7.13. The molecular weight excluding hydrogens is 428 g/mol. The predicted molar refractivity (Wildman–Crippen MR) is 135 cm³/mol. The van der Waals surface area contributed by atoms with Crippen molar-refractivity contribution in [2.75, 3.05) is 42.9 Å². The summed E-state index contributed by atoms with van der Waals surface area (Å²) in [6, 6.07) is 10.5. The quantitative estimate of drug-likeness (QED) is 0.624. The average molecular weight is 467 g/mol. The normalized spacial score (nSPS) is 18.1. The molecule has 0 unspecified atom stereocenters. The van der Waals surface area contributed by atoms with Crippen LogP contribution in [0.4, 0.5) is 11.5 Å². The minimum atomic E-state index is -0.116. The van der Waals surface area contributed by atoms with Crippen molar-refractivity contribution in [2.45, 2.75) is 58.9 Å². The highest BCUT2D eigenvalue weighted by Gasteiger charge is 2.30. The Bertz CT molecular complexity index is 975. The molecule has 3 heterocycles. The summed E-state index contributed by atoms with van der Waals surface area (Å²) in [7, 11) is 0. The van der Waals surface area contributed by atoms with Crippen molar-refractivity contribution in [3.63, 3.8) is 0 Å². The first-order chi connectivity index (χ1) is 16.4. The van der Waals surface area contributed by atoms with Crippen molar-refractivity contribution in [2.24, 2.45) is 5.92 Å². The fourth-order valence-electron chi connectivity index (χ4n) is 5.15. The van der Waals surface area contributed by atoms with E-state index in [9.17, 15) is 9.59 Å². The number of benzene rings is 1. The Hall–Kier alpha value is -2.87. The van der Waals surface area contributed by atoms with Gasteiger partial charge in [-0.3, -0.25) is 9.59 Å². The predicted octanol–water partition coefficient (Wildman–Crippen LogP) is 3.35. The Morgan fingerprint density at radius 1 is 1.09 bits per heavy atom. The van der Waals surface area contributed by atoms with E-state index in [-0.39, 0.29) is 17.7 Å². The van der Waals surface area contributed by atoms with Gasteiger partial charge < -0.3 is 20.4 Å². The molecule has 0 bridgehead atoms. The molecule has 8 nitrogen and oxygen atoms in total. The molecule has 0 radical (unpaired) electrons. The number of nitrogens with zero attached hydrogens (tertiary/aromatic N) is 4. The highest BCUT2D eigenvalue weighted by atomic mass is 16.2. The maximum absolute atomic E-state index is 12.8.